The van der Waals surface area contributed by atoms with Gasteiger partial charge >= 0.3 is 5.97 Å². The standard InChI is InChI=1S/C13H25NO3S/c1-5-13(6-2,12(16)17)9-11(15)14-10(3)7-8-18-4/h10H,5-9H2,1-4H3,(H,14,15)(H,16,17). The van der Waals surface area contributed by atoms with Gasteiger partial charge in [-0.3, -0.25) is 9.59 Å². The fraction of sp³-hybridized carbons (Fsp3) is 0.846. The van der Waals surface area contributed by atoms with Crippen LogP contribution in [0.2, 0.25) is 0 Å². The molecule has 0 fully saturated rings. The Hall–Kier alpha value is -0.710. The first kappa shape index (κ1) is 17.3. The number of hydrogen-bond acceptors (Lipinski definition) is 3. The van der Waals surface area contributed by atoms with E-state index in [9.17, 15) is 14.7 Å². The number of carboxylic acid groups (broad SMARTS) is 1. The molecule has 0 radical (unpaired) electrons. The van der Waals surface area contributed by atoms with E-state index in [1.54, 1.807) is 11.8 Å². The molecule has 0 heterocycles. The molecule has 0 aliphatic heterocycles. The lowest BCUT2D eigenvalue weighted by atomic mass is 9.79. The van der Waals surface area contributed by atoms with E-state index in [-0.39, 0.29) is 18.4 Å². The van der Waals surface area contributed by atoms with Crippen LogP contribution in [0, 0.1) is 5.41 Å². The molecular weight excluding hydrogens is 250 g/mol. The lowest BCUT2D eigenvalue weighted by molar-refractivity contribution is -0.152. The van der Waals surface area contributed by atoms with E-state index in [4.69, 9.17) is 0 Å². The lowest BCUT2D eigenvalue weighted by Gasteiger charge is -2.26. The number of hydrogen-bond donors (Lipinski definition) is 2. The van der Waals surface area contributed by atoms with Crippen LogP contribution in [0.1, 0.15) is 46.5 Å². The summed E-state index contributed by atoms with van der Waals surface area (Å²) >= 11 is 1.74. The Morgan fingerprint density at radius 3 is 2.28 bits per heavy atom. The van der Waals surface area contributed by atoms with Crippen LogP contribution in [-0.2, 0) is 9.59 Å². The normalized spacial score (nSPS) is 13.1. The van der Waals surface area contributed by atoms with Crippen LogP contribution in [0.25, 0.3) is 0 Å². The van der Waals surface area contributed by atoms with Gasteiger partial charge in [0.1, 0.15) is 0 Å². The maximum absolute atomic E-state index is 11.9. The fourth-order valence-corrected chi connectivity index (χ4v) is 2.47. The third-order valence-electron chi connectivity index (χ3n) is 3.47. The van der Waals surface area contributed by atoms with E-state index in [1.165, 1.54) is 0 Å². The van der Waals surface area contributed by atoms with Gasteiger partial charge in [-0.05, 0) is 38.2 Å². The highest BCUT2D eigenvalue weighted by atomic mass is 32.2. The third-order valence-corrected chi connectivity index (χ3v) is 4.11. The Kier molecular flexibility index (Phi) is 8.07. The zero-order valence-electron chi connectivity index (χ0n) is 11.8. The first-order valence-electron chi connectivity index (χ1n) is 6.43. The van der Waals surface area contributed by atoms with Crippen LogP contribution < -0.4 is 5.32 Å². The van der Waals surface area contributed by atoms with Gasteiger partial charge in [0.05, 0.1) is 5.41 Å². The highest BCUT2D eigenvalue weighted by molar-refractivity contribution is 7.98. The van der Waals surface area contributed by atoms with Crippen LogP contribution in [-0.4, -0.2) is 35.0 Å². The van der Waals surface area contributed by atoms with E-state index in [0.29, 0.717) is 12.8 Å². The minimum atomic E-state index is -0.913. The highest BCUT2D eigenvalue weighted by Gasteiger charge is 2.37. The Morgan fingerprint density at radius 1 is 1.33 bits per heavy atom. The molecule has 0 spiro atoms. The SMILES string of the molecule is CCC(CC)(CC(=O)NC(C)CCSC)C(=O)O. The quantitative estimate of drug-likeness (QED) is 0.678. The van der Waals surface area contributed by atoms with Gasteiger partial charge in [0.2, 0.25) is 5.91 Å². The molecule has 0 aromatic rings. The smallest absolute Gasteiger partial charge is 0.310 e. The van der Waals surface area contributed by atoms with E-state index in [0.717, 1.165) is 12.2 Å². The predicted octanol–water partition coefficient (Wildman–Crippen LogP) is 2.53. The third kappa shape index (κ3) is 5.29. The zero-order valence-corrected chi connectivity index (χ0v) is 12.6. The van der Waals surface area contributed by atoms with Crippen molar-refractivity contribution in [1.82, 2.24) is 5.32 Å². The van der Waals surface area contributed by atoms with Crippen molar-refractivity contribution in [1.29, 1.82) is 0 Å². The summed E-state index contributed by atoms with van der Waals surface area (Å²) in [6, 6.07) is 0.102. The molecule has 0 saturated carbocycles. The second-order valence-corrected chi connectivity index (χ2v) is 5.71. The molecule has 1 atom stereocenters. The molecular formula is C13H25NO3S. The summed E-state index contributed by atoms with van der Waals surface area (Å²) in [5.41, 5.74) is -0.913. The second-order valence-electron chi connectivity index (χ2n) is 4.72. The molecule has 106 valence electrons. The molecule has 5 heteroatoms. The maximum Gasteiger partial charge on any atom is 0.310 e. The zero-order chi connectivity index (χ0) is 14.2. The van der Waals surface area contributed by atoms with Crippen LogP contribution >= 0.6 is 11.8 Å². The van der Waals surface area contributed by atoms with E-state index in [1.807, 2.05) is 27.0 Å². The molecule has 18 heavy (non-hydrogen) atoms. The molecule has 0 aromatic heterocycles. The van der Waals surface area contributed by atoms with Crippen LogP contribution in [0.3, 0.4) is 0 Å². The second kappa shape index (κ2) is 8.40. The molecule has 0 aromatic carbocycles. The van der Waals surface area contributed by atoms with Crippen molar-refractivity contribution in [2.45, 2.75) is 52.5 Å². The largest absolute Gasteiger partial charge is 0.481 e. The number of carbonyl (C=O) groups excluding carboxylic acids is 1. The number of amides is 1. The molecule has 1 unspecified atom stereocenters. The summed E-state index contributed by atoms with van der Waals surface area (Å²) in [5.74, 6) is -0.0401. The van der Waals surface area contributed by atoms with Crippen molar-refractivity contribution in [3.05, 3.63) is 0 Å². The van der Waals surface area contributed by atoms with Crippen molar-refractivity contribution in [2.24, 2.45) is 5.41 Å². The molecule has 0 bridgehead atoms. The van der Waals surface area contributed by atoms with Gasteiger partial charge in [-0.15, -0.1) is 0 Å². The number of carboxylic acids is 1. The monoisotopic (exact) mass is 275 g/mol. The average Bonchev–Trinajstić information content (AvgIpc) is 2.33. The molecule has 0 saturated heterocycles. The van der Waals surface area contributed by atoms with Crippen molar-refractivity contribution in [3.8, 4) is 0 Å². The summed E-state index contributed by atoms with van der Waals surface area (Å²) in [4.78, 5) is 23.2. The summed E-state index contributed by atoms with van der Waals surface area (Å²) in [7, 11) is 0. The molecule has 0 aliphatic rings. The number of nitrogens with one attached hydrogen (secondary N) is 1. The molecule has 0 aliphatic carbocycles. The lowest BCUT2D eigenvalue weighted by Crippen LogP contribution is -2.40. The van der Waals surface area contributed by atoms with E-state index < -0.39 is 11.4 Å². The summed E-state index contributed by atoms with van der Waals surface area (Å²) in [5, 5.41) is 12.1. The average molecular weight is 275 g/mol. The minimum absolute atomic E-state index is 0.0684. The topological polar surface area (TPSA) is 66.4 Å². The first-order valence-corrected chi connectivity index (χ1v) is 7.83. The minimum Gasteiger partial charge on any atom is -0.481 e. The van der Waals surface area contributed by atoms with Gasteiger partial charge in [-0.1, -0.05) is 13.8 Å². The Bertz CT molecular complexity index is 277. The Balaban J connectivity index is 4.39. The first-order chi connectivity index (χ1) is 8.41. The van der Waals surface area contributed by atoms with Gasteiger partial charge in [-0.25, -0.2) is 0 Å². The van der Waals surface area contributed by atoms with Crippen molar-refractivity contribution >= 4 is 23.6 Å². The fourth-order valence-electron chi connectivity index (χ4n) is 1.88. The summed E-state index contributed by atoms with van der Waals surface area (Å²) < 4.78 is 0. The van der Waals surface area contributed by atoms with Crippen LogP contribution in [0.4, 0.5) is 0 Å². The van der Waals surface area contributed by atoms with Gasteiger partial charge in [0.15, 0.2) is 0 Å². The summed E-state index contributed by atoms with van der Waals surface area (Å²) in [6.07, 6.45) is 3.96. The molecule has 0 rings (SSSR count). The van der Waals surface area contributed by atoms with Crippen molar-refractivity contribution in [3.63, 3.8) is 0 Å². The number of aliphatic carboxylic acids is 1. The van der Waals surface area contributed by atoms with E-state index >= 15 is 0 Å². The molecule has 4 nitrogen and oxygen atoms in total. The van der Waals surface area contributed by atoms with E-state index in [2.05, 4.69) is 5.32 Å². The number of rotatable bonds is 9. The van der Waals surface area contributed by atoms with Gasteiger partial charge in [-0.2, -0.15) is 11.8 Å². The maximum atomic E-state index is 11.9. The van der Waals surface area contributed by atoms with Crippen LogP contribution in [0.5, 0.6) is 0 Å². The number of carbonyl (C=O) groups is 2. The van der Waals surface area contributed by atoms with Crippen molar-refractivity contribution in [2.75, 3.05) is 12.0 Å². The number of thioether (sulfide) groups is 1. The van der Waals surface area contributed by atoms with Crippen LogP contribution in [0.15, 0.2) is 0 Å². The van der Waals surface area contributed by atoms with Gasteiger partial charge in [0.25, 0.3) is 0 Å². The predicted molar refractivity (Wildman–Crippen MR) is 75.9 cm³/mol. The molecule has 2 N–H and O–H groups in total. The molecule has 1 amide bonds. The van der Waals surface area contributed by atoms with Gasteiger partial charge in [0, 0.05) is 12.5 Å². The van der Waals surface area contributed by atoms with Crippen molar-refractivity contribution < 1.29 is 14.7 Å². The Labute approximate surface area is 114 Å². The Morgan fingerprint density at radius 2 is 1.89 bits per heavy atom. The summed E-state index contributed by atoms with van der Waals surface area (Å²) in [6.45, 7) is 5.60. The highest BCUT2D eigenvalue weighted by Crippen LogP contribution is 2.30. The van der Waals surface area contributed by atoms with Gasteiger partial charge < -0.3 is 10.4 Å².